The molecule has 0 fully saturated rings. The molecule has 27 heavy (non-hydrogen) atoms. The first-order valence-electron chi connectivity index (χ1n) is 8.76. The van der Waals surface area contributed by atoms with E-state index in [0.717, 1.165) is 5.56 Å². The van der Waals surface area contributed by atoms with Gasteiger partial charge in [0.15, 0.2) is 0 Å². The van der Waals surface area contributed by atoms with Gasteiger partial charge in [0, 0.05) is 23.7 Å². The zero-order valence-corrected chi connectivity index (χ0v) is 17.3. The highest BCUT2D eigenvalue weighted by molar-refractivity contribution is 7.87. The minimum atomic E-state index is -3.55. The quantitative estimate of drug-likeness (QED) is 0.607. The average molecular weight is 410 g/mol. The van der Waals surface area contributed by atoms with Gasteiger partial charge >= 0.3 is 10.1 Å². The summed E-state index contributed by atoms with van der Waals surface area (Å²) in [7, 11) is -3.55. The summed E-state index contributed by atoms with van der Waals surface area (Å²) in [6, 6.07) is 13.6. The van der Waals surface area contributed by atoms with Crippen molar-refractivity contribution < 1.29 is 17.4 Å². The topological polar surface area (TPSA) is 63.7 Å². The smallest absolute Gasteiger partial charge is 0.308 e. The Morgan fingerprint density at radius 1 is 1.07 bits per heavy atom. The maximum atomic E-state index is 12.9. The van der Waals surface area contributed by atoms with Gasteiger partial charge in [0.25, 0.3) is 5.91 Å². The summed E-state index contributed by atoms with van der Waals surface area (Å²) < 4.78 is 28.1. The fraction of sp³-hybridized carbons (Fsp3) is 0.350. The second-order valence-corrected chi connectivity index (χ2v) is 8.96. The number of halogens is 1. The van der Waals surface area contributed by atoms with E-state index in [4.69, 9.17) is 15.8 Å². The third-order valence-corrected chi connectivity index (χ3v) is 5.24. The molecular weight excluding hydrogens is 386 g/mol. The molecule has 0 aromatic heterocycles. The number of rotatable bonds is 8. The van der Waals surface area contributed by atoms with E-state index in [9.17, 15) is 13.2 Å². The minimum absolute atomic E-state index is 0.0748. The Morgan fingerprint density at radius 3 is 2.19 bits per heavy atom. The Balaban J connectivity index is 2.15. The van der Waals surface area contributed by atoms with Crippen molar-refractivity contribution in [1.82, 2.24) is 4.90 Å². The van der Waals surface area contributed by atoms with Gasteiger partial charge in [-0.15, -0.1) is 0 Å². The second-order valence-electron chi connectivity index (χ2n) is 6.66. The highest BCUT2D eigenvalue weighted by Gasteiger charge is 2.18. The van der Waals surface area contributed by atoms with E-state index >= 15 is 0 Å². The number of carbonyl (C=O) groups excluding carboxylic acids is 1. The molecule has 0 aliphatic heterocycles. The number of hydrogen-bond acceptors (Lipinski definition) is 4. The lowest BCUT2D eigenvalue weighted by molar-refractivity contribution is 0.0722. The van der Waals surface area contributed by atoms with Crippen LogP contribution in [0.1, 0.15) is 36.7 Å². The zero-order chi connectivity index (χ0) is 20.0. The Hall–Kier alpha value is -2.05. The lowest BCUT2D eigenvalue weighted by atomic mass is 10.1. The molecule has 0 saturated heterocycles. The molecule has 0 saturated carbocycles. The van der Waals surface area contributed by atoms with E-state index in [1.54, 1.807) is 53.4 Å². The molecule has 0 aliphatic rings. The fourth-order valence-electron chi connectivity index (χ4n) is 2.51. The molecule has 2 aromatic carbocycles. The maximum Gasteiger partial charge on any atom is 0.308 e. The van der Waals surface area contributed by atoms with Crippen LogP contribution in [0.3, 0.4) is 0 Å². The van der Waals surface area contributed by atoms with Gasteiger partial charge in [0.1, 0.15) is 5.75 Å². The molecule has 7 heteroatoms. The third-order valence-electron chi connectivity index (χ3n) is 3.84. The summed E-state index contributed by atoms with van der Waals surface area (Å²) >= 11 is 5.90. The summed E-state index contributed by atoms with van der Waals surface area (Å²) in [4.78, 5) is 14.6. The second kappa shape index (κ2) is 9.24. The molecule has 0 N–H and O–H groups in total. The molecule has 0 heterocycles. The van der Waals surface area contributed by atoms with Gasteiger partial charge in [-0.2, -0.15) is 8.42 Å². The van der Waals surface area contributed by atoms with E-state index in [1.165, 1.54) is 6.92 Å². The van der Waals surface area contributed by atoms with Crippen LogP contribution in [-0.4, -0.2) is 31.5 Å². The zero-order valence-electron chi connectivity index (χ0n) is 15.7. The Kier molecular flexibility index (Phi) is 7.27. The van der Waals surface area contributed by atoms with Crippen LogP contribution in [0.4, 0.5) is 0 Å². The summed E-state index contributed by atoms with van der Waals surface area (Å²) in [6.45, 7) is 6.64. The largest absolute Gasteiger partial charge is 0.382 e. The maximum absolute atomic E-state index is 12.9. The summed E-state index contributed by atoms with van der Waals surface area (Å²) in [5, 5.41) is 0.583. The number of hydrogen-bond donors (Lipinski definition) is 0. The predicted molar refractivity (Wildman–Crippen MR) is 108 cm³/mol. The van der Waals surface area contributed by atoms with Crippen molar-refractivity contribution in [3.05, 3.63) is 64.7 Å². The van der Waals surface area contributed by atoms with E-state index in [-0.39, 0.29) is 17.4 Å². The summed E-state index contributed by atoms with van der Waals surface area (Å²) in [5.74, 6) is 0.403. The third kappa shape index (κ3) is 6.56. The van der Waals surface area contributed by atoms with Gasteiger partial charge in [-0.1, -0.05) is 37.6 Å². The van der Waals surface area contributed by atoms with E-state index in [0.29, 0.717) is 29.6 Å². The first-order valence-corrected chi connectivity index (χ1v) is 10.7. The molecule has 0 bridgehead atoms. The molecular formula is C20H24ClNO4S. The Morgan fingerprint density at radius 2 is 1.67 bits per heavy atom. The van der Waals surface area contributed by atoms with Crippen LogP contribution in [0.15, 0.2) is 48.5 Å². The van der Waals surface area contributed by atoms with Crippen molar-refractivity contribution in [1.29, 1.82) is 0 Å². The first-order chi connectivity index (χ1) is 12.7. The van der Waals surface area contributed by atoms with Crippen LogP contribution < -0.4 is 4.18 Å². The van der Waals surface area contributed by atoms with E-state index < -0.39 is 10.1 Å². The molecule has 146 valence electrons. The highest BCUT2D eigenvalue weighted by Crippen LogP contribution is 2.18. The molecule has 0 atom stereocenters. The van der Waals surface area contributed by atoms with Crippen LogP contribution in [0.25, 0.3) is 0 Å². The van der Waals surface area contributed by atoms with Crippen molar-refractivity contribution >= 4 is 27.6 Å². The Labute approximate surface area is 166 Å². The van der Waals surface area contributed by atoms with Crippen LogP contribution in [0.2, 0.25) is 5.02 Å². The normalized spacial score (nSPS) is 11.4. The molecule has 0 radical (unpaired) electrons. The molecule has 1 amide bonds. The molecule has 0 unspecified atom stereocenters. The van der Waals surface area contributed by atoms with Crippen LogP contribution in [0.5, 0.6) is 5.75 Å². The predicted octanol–water partition coefficient (Wildman–Crippen LogP) is 4.37. The van der Waals surface area contributed by atoms with Crippen molar-refractivity contribution in [3.63, 3.8) is 0 Å². The standard InChI is InChI=1S/C20H24ClNO4S/c1-4-27(24,25)26-19-11-5-16(6-12-19)14-22(13-15(2)3)20(23)17-7-9-18(21)10-8-17/h5-12,15H,4,13-14H2,1-3H3. The van der Waals surface area contributed by atoms with E-state index in [2.05, 4.69) is 13.8 Å². The first kappa shape index (κ1) is 21.3. The van der Waals surface area contributed by atoms with Gasteiger partial charge in [-0.05, 0) is 54.8 Å². The van der Waals surface area contributed by atoms with Crippen molar-refractivity contribution in [2.45, 2.75) is 27.3 Å². The minimum Gasteiger partial charge on any atom is -0.382 e. The summed E-state index contributed by atoms with van der Waals surface area (Å²) in [6.07, 6.45) is 0. The van der Waals surface area contributed by atoms with Gasteiger partial charge in [0.05, 0.1) is 5.75 Å². The number of benzene rings is 2. The summed E-state index contributed by atoms with van der Waals surface area (Å²) in [5.41, 5.74) is 1.47. The fourth-order valence-corrected chi connectivity index (χ4v) is 3.16. The van der Waals surface area contributed by atoms with Crippen molar-refractivity contribution in [3.8, 4) is 5.75 Å². The monoisotopic (exact) mass is 409 g/mol. The Bertz CT molecular complexity index is 862. The lowest BCUT2D eigenvalue weighted by Gasteiger charge is -2.25. The van der Waals surface area contributed by atoms with Crippen LogP contribution in [-0.2, 0) is 16.7 Å². The van der Waals surface area contributed by atoms with E-state index in [1.807, 2.05) is 0 Å². The molecule has 5 nitrogen and oxygen atoms in total. The van der Waals surface area contributed by atoms with Crippen LogP contribution in [0, 0.1) is 5.92 Å². The van der Waals surface area contributed by atoms with Gasteiger partial charge in [-0.3, -0.25) is 4.79 Å². The number of carbonyl (C=O) groups is 1. The van der Waals surface area contributed by atoms with Gasteiger partial charge in [-0.25, -0.2) is 0 Å². The highest BCUT2D eigenvalue weighted by atomic mass is 35.5. The SMILES string of the molecule is CCS(=O)(=O)Oc1ccc(CN(CC(C)C)C(=O)c2ccc(Cl)cc2)cc1. The molecule has 2 aromatic rings. The van der Waals surface area contributed by atoms with Gasteiger partial charge < -0.3 is 9.08 Å². The van der Waals surface area contributed by atoms with Crippen LogP contribution >= 0.6 is 11.6 Å². The van der Waals surface area contributed by atoms with Crippen molar-refractivity contribution in [2.24, 2.45) is 5.92 Å². The number of amides is 1. The molecule has 0 aliphatic carbocycles. The van der Waals surface area contributed by atoms with Crippen molar-refractivity contribution in [2.75, 3.05) is 12.3 Å². The average Bonchev–Trinajstić information content (AvgIpc) is 2.62. The van der Waals surface area contributed by atoms with Gasteiger partial charge in [0.2, 0.25) is 0 Å². The lowest BCUT2D eigenvalue weighted by Crippen LogP contribution is -2.33. The number of nitrogens with zero attached hydrogens (tertiary/aromatic N) is 1. The molecule has 2 rings (SSSR count). The molecule has 0 spiro atoms.